The number of urea groups is 1. The Morgan fingerprint density at radius 1 is 1.60 bits per heavy atom. The van der Waals surface area contributed by atoms with E-state index in [4.69, 9.17) is 4.52 Å². The largest absolute Gasteiger partial charge is 0.391 e. The van der Waals surface area contributed by atoms with Crippen molar-refractivity contribution in [2.45, 2.75) is 18.9 Å². The quantitative estimate of drug-likeness (QED) is 0.789. The van der Waals surface area contributed by atoms with E-state index in [0.29, 0.717) is 17.5 Å². The average molecular weight is 293 g/mol. The van der Waals surface area contributed by atoms with Crippen LogP contribution in [0.2, 0.25) is 0 Å². The molecule has 0 saturated heterocycles. The molecule has 0 aromatic carbocycles. The number of carbonyl (C=O) groups is 1. The summed E-state index contributed by atoms with van der Waals surface area (Å²) < 4.78 is 5.15. The van der Waals surface area contributed by atoms with Crippen molar-refractivity contribution >= 4 is 23.2 Å². The normalized spacial score (nSPS) is 15.8. The highest BCUT2D eigenvalue weighted by Gasteiger charge is 2.29. The zero-order valence-corrected chi connectivity index (χ0v) is 11.5. The van der Waals surface area contributed by atoms with Crippen LogP contribution >= 0.6 is 11.3 Å². The van der Waals surface area contributed by atoms with Crippen molar-refractivity contribution in [3.8, 4) is 10.6 Å². The molecule has 3 N–H and O–H groups in total. The van der Waals surface area contributed by atoms with Crippen molar-refractivity contribution in [1.82, 2.24) is 10.5 Å². The summed E-state index contributed by atoms with van der Waals surface area (Å²) in [4.78, 5) is 12.6. The smallest absolute Gasteiger partial charge is 0.320 e. The van der Waals surface area contributed by atoms with Crippen molar-refractivity contribution < 1.29 is 14.4 Å². The summed E-state index contributed by atoms with van der Waals surface area (Å²) in [5.41, 5.74) is 0. The Morgan fingerprint density at radius 3 is 3.15 bits per heavy atom. The molecular formula is C13H15N3O3S. The van der Waals surface area contributed by atoms with Gasteiger partial charge >= 0.3 is 6.03 Å². The second-order valence-electron chi connectivity index (χ2n) is 4.79. The van der Waals surface area contributed by atoms with Crippen molar-refractivity contribution in [3.05, 3.63) is 23.6 Å². The third-order valence-electron chi connectivity index (χ3n) is 3.15. The van der Waals surface area contributed by atoms with Crippen LogP contribution in [0.1, 0.15) is 12.8 Å². The van der Waals surface area contributed by atoms with Gasteiger partial charge in [-0.25, -0.2) is 4.79 Å². The molecular weight excluding hydrogens is 278 g/mol. The molecule has 1 atom stereocenters. The monoisotopic (exact) mass is 293 g/mol. The van der Waals surface area contributed by atoms with Gasteiger partial charge in [-0.1, -0.05) is 11.2 Å². The van der Waals surface area contributed by atoms with Gasteiger partial charge in [-0.05, 0) is 30.2 Å². The molecule has 0 radical (unpaired) electrons. The third-order valence-corrected chi connectivity index (χ3v) is 4.04. The summed E-state index contributed by atoms with van der Waals surface area (Å²) in [6.45, 7) is 0.256. The number of carbonyl (C=O) groups excluding carboxylic acids is 1. The first-order chi connectivity index (χ1) is 9.72. The molecule has 0 aliphatic heterocycles. The molecule has 106 valence electrons. The Balaban J connectivity index is 1.51. The molecule has 0 spiro atoms. The highest BCUT2D eigenvalue weighted by Crippen LogP contribution is 2.32. The molecule has 1 aliphatic rings. The van der Waals surface area contributed by atoms with Crippen molar-refractivity contribution in [2.24, 2.45) is 5.92 Å². The minimum atomic E-state index is -0.459. The molecule has 20 heavy (non-hydrogen) atoms. The van der Waals surface area contributed by atoms with Crippen LogP contribution in [0.15, 0.2) is 28.1 Å². The maximum absolute atomic E-state index is 11.6. The predicted molar refractivity (Wildman–Crippen MR) is 75.6 cm³/mol. The first-order valence-corrected chi connectivity index (χ1v) is 7.34. The van der Waals surface area contributed by atoms with E-state index in [9.17, 15) is 9.90 Å². The van der Waals surface area contributed by atoms with Crippen LogP contribution < -0.4 is 10.6 Å². The number of nitrogens with zero attached hydrogens (tertiary/aromatic N) is 1. The molecule has 3 rings (SSSR count). The molecule has 2 aromatic heterocycles. The van der Waals surface area contributed by atoms with Crippen LogP contribution in [0.3, 0.4) is 0 Å². The Hall–Kier alpha value is -1.86. The Kier molecular flexibility index (Phi) is 3.70. The highest BCUT2D eigenvalue weighted by atomic mass is 32.1. The van der Waals surface area contributed by atoms with Crippen molar-refractivity contribution in [2.75, 3.05) is 11.9 Å². The molecule has 1 aliphatic carbocycles. The highest BCUT2D eigenvalue weighted by molar-refractivity contribution is 7.13. The van der Waals surface area contributed by atoms with E-state index in [1.165, 1.54) is 11.3 Å². The van der Waals surface area contributed by atoms with Crippen molar-refractivity contribution in [3.63, 3.8) is 0 Å². The molecule has 2 heterocycles. The lowest BCUT2D eigenvalue weighted by Crippen LogP contribution is -2.36. The lowest BCUT2D eigenvalue weighted by Gasteiger charge is -2.10. The fourth-order valence-electron chi connectivity index (χ4n) is 1.87. The molecule has 1 fully saturated rings. The molecule has 0 bridgehead atoms. The summed E-state index contributed by atoms with van der Waals surface area (Å²) in [5, 5.41) is 20.6. The fraction of sp³-hybridized carbons (Fsp3) is 0.385. The zero-order valence-electron chi connectivity index (χ0n) is 10.7. The van der Waals surface area contributed by atoms with Gasteiger partial charge in [0.2, 0.25) is 0 Å². The van der Waals surface area contributed by atoms with Crippen LogP contribution in [0.5, 0.6) is 0 Å². The number of hydrogen-bond donors (Lipinski definition) is 3. The van der Waals surface area contributed by atoms with Gasteiger partial charge in [-0.3, -0.25) is 5.32 Å². The Labute approximate surface area is 119 Å². The van der Waals surface area contributed by atoms with Gasteiger partial charge < -0.3 is 14.9 Å². The number of nitrogens with one attached hydrogen (secondary N) is 2. The van der Waals surface area contributed by atoms with E-state index in [1.54, 1.807) is 6.07 Å². The second-order valence-corrected chi connectivity index (χ2v) is 5.74. The van der Waals surface area contributed by atoms with E-state index in [-0.39, 0.29) is 6.54 Å². The van der Waals surface area contributed by atoms with Crippen LogP contribution in [0, 0.1) is 5.92 Å². The molecule has 1 unspecified atom stereocenters. The summed E-state index contributed by atoms with van der Waals surface area (Å²) in [6.07, 6.45) is 1.62. The first-order valence-electron chi connectivity index (χ1n) is 6.46. The fourth-order valence-corrected chi connectivity index (χ4v) is 2.55. The lowest BCUT2D eigenvalue weighted by atomic mass is 10.2. The second kappa shape index (κ2) is 5.64. The van der Waals surface area contributed by atoms with E-state index in [1.807, 2.05) is 17.5 Å². The lowest BCUT2D eigenvalue weighted by molar-refractivity contribution is 0.150. The van der Waals surface area contributed by atoms with Crippen LogP contribution in [0.4, 0.5) is 10.6 Å². The van der Waals surface area contributed by atoms with E-state index in [2.05, 4.69) is 15.8 Å². The molecule has 1 saturated carbocycles. The van der Waals surface area contributed by atoms with Crippen LogP contribution in [0.25, 0.3) is 10.6 Å². The number of hydrogen-bond acceptors (Lipinski definition) is 5. The summed E-state index contributed by atoms with van der Waals surface area (Å²) in [7, 11) is 0. The van der Waals surface area contributed by atoms with Gasteiger partial charge in [-0.2, -0.15) is 0 Å². The average Bonchev–Trinajstić information content (AvgIpc) is 2.96. The number of thiophene rings is 1. The standard InChI is InChI=1S/C13H15N3O3S/c17-9(8-3-4-8)7-14-13(18)15-12-6-10(19-16-12)11-2-1-5-20-11/h1-2,5-6,8-9,17H,3-4,7H2,(H2,14,15,16,18). The number of aliphatic hydroxyl groups excluding tert-OH is 1. The molecule has 2 amide bonds. The summed E-state index contributed by atoms with van der Waals surface area (Å²) in [6, 6.07) is 5.11. The van der Waals surface area contributed by atoms with Crippen LogP contribution in [-0.2, 0) is 0 Å². The SMILES string of the molecule is O=C(NCC(O)C1CC1)Nc1cc(-c2cccs2)on1. The van der Waals surface area contributed by atoms with Gasteiger partial charge in [0.1, 0.15) is 0 Å². The first kappa shape index (κ1) is 13.1. The minimum Gasteiger partial charge on any atom is -0.391 e. The van der Waals surface area contributed by atoms with E-state index < -0.39 is 12.1 Å². The Morgan fingerprint density at radius 2 is 2.45 bits per heavy atom. The van der Waals surface area contributed by atoms with Gasteiger partial charge in [0.05, 0.1) is 11.0 Å². The maximum atomic E-state index is 11.6. The third kappa shape index (κ3) is 3.17. The number of aromatic nitrogens is 1. The number of amides is 2. The van der Waals surface area contributed by atoms with Gasteiger partial charge in [0, 0.05) is 12.6 Å². The zero-order chi connectivity index (χ0) is 13.9. The summed E-state index contributed by atoms with van der Waals surface area (Å²) in [5.74, 6) is 1.31. The number of anilines is 1. The van der Waals surface area contributed by atoms with E-state index >= 15 is 0 Å². The molecule has 6 nitrogen and oxygen atoms in total. The molecule has 7 heteroatoms. The predicted octanol–water partition coefficient (Wildman–Crippen LogP) is 2.30. The van der Waals surface area contributed by atoms with Gasteiger partial charge in [-0.15, -0.1) is 11.3 Å². The number of rotatable bonds is 5. The topological polar surface area (TPSA) is 87.4 Å². The van der Waals surface area contributed by atoms with Crippen LogP contribution in [-0.4, -0.2) is 28.9 Å². The Bertz CT molecular complexity index is 577. The minimum absolute atomic E-state index is 0.256. The van der Waals surface area contributed by atoms with Gasteiger partial charge in [0.15, 0.2) is 11.6 Å². The maximum Gasteiger partial charge on any atom is 0.320 e. The van der Waals surface area contributed by atoms with E-state index in [0.717, 1.165) is 17.7 Å². The van der Waals surface area contributed by atoms with Crippen molar-refractivity contribution in [1.29, 1.82) is 0 Å². The van der Waals surface area contributed by atoms with Gasteiger partial charge in [0.25, 0.3) is 0 Å². The number of aliphatic hydroxyl groups is 1. The summed E-state index contributed by atoms with van der Waals surface area (Å²) >= 11 is 1.54. The molecule has 2 aromatic rings.